The number of allylic oxidation sites excluding steroid dienone is 2. The summed E-state index contributed by atoms with van der Waals surface area (Å²) < 4.78 is 0. The minimum Gasteiger partial charge on any atom is -0.394 e. The molecular formula is C41H81NO5. The van der Waals surface area contributed by atoms with Gasteiger partial charge in [-0.25, -0.2) is 0 Å². The number of hydrogen-bond donors (Lipinski definition) is 5. The van der Waals surface area contributed by atoms with Crippen LogP contribution < -0.4 is 5.32 Å². The fraction of sp³-hybridized carbons (Fsp3) is 0.927. The first kappa shape index (κ1) is 46.0. The average Bonchev–Trinajstić information content (AvgIpc) is 3.07. The quantitative estimate of drug-likeness (QED) is 0.0335. The first-order valence-corrected chi connectivity index (χ1v) is 20.6. The number of aliphatic hydroxyl groups excluding tert-OH is 4. The van der Waals surface area contributed by atoms with Gasteiger partial charge in [0, 0.05) is 0 Å². The minimum atomic E-state index is -1.26. The predicted octanol–water partition coefficient (Wildman–Crippen LogP) is 10.2. The summed E-state index contributed by atoms with van der Waals surface area (Å²) in [5, 5.41) is 43.5. The molecule has 0 radical (unpaired) electrons. The van der Waals surface area contributed by atoms with Crippen molar-refractivity contribution in [1.29, 1.82) is 0 Å². The van der Waals surface area contributed by atoms with Gasteiger partial charge in [-0.3, -0.25) is 4.79 Å². The van der Waals surface area contributed by atoms with Crippen LogP contribution in [0.15, 0.2) is 12.2 Å². The molecule has 1 amide bonds. The molecule has 0 aliphatic heterocycles. The molecule has 280 valence electrons. The number of aliphatic hydroxyl groups is 4. The van der Waals surface area contributed by atoms with Gasteiger partial charge in [-0.05, 0) is 38.5 Å². The van der Waals surface area contributed by atoms with Crippen LogP contribution in [0.1, 0.15) is 213 Å². The van der Waals surface area contributed by atoms with Crippen LogP contribution in [-0.4, -0.2) is 57.3 Å². The Hall–Kier alpha value is -0.950. The predicted molar refractivity (Wildman–Crippen MR) is 201 cm³/mol. The van der Waals surface area contributed by atoms with Gasteiger partial charge in [0.05, 0.1) is 18.8 Å². The van der Waals surface area contributed by atoms with Crippen molar-refractivity contribution in [1.82, 2.24) is 5.32 Å². The van der Waals surface area contributed by atoms with Crippen molar-refractivity contribution < 1.29 is 25.2 Å². The summed E-state index contributed by atoms with van der Waals surface area (Å²) in [7, 11) is 0. The topological polar surface area (TPSA) is 110 Å². The van der Waals surface area contributed by atoms with Crippen LogP contribution >= 0.6 is 0 Å². The van der Waals surface area contributed by atoms with Crippen LogP contribution in [-0.2, 0) is 4.79 Å². The highest BCUT2D eigenvalue weighted by Gasteiger charge is 2.28. The zero-order valence-corrected chi connectivity index (χ0v) is 31.3. The van der Waals surface area contributed by atoms with E-state index in [0.717, 1.165) is 57.8 Å². The van der Waals surface area contributed by atoms with Crippen molar-refractivity contribution in [2.24, 2.45) is 0 Å². The Morgan fingerprint density at radius 2 is 0.851 bits per heavy atom. The molecule has 5 N–H and O–H groups in total. The Morgan fingerprint density at radius 1 is 0.511 bits per heavy atom. The molecule has 0 aromatic heterocycles. The summed E-state index contributed by atoms with van der Waals surface area (Å²) in [5.41, 5.74) is 0. The maximum Gasteiger partial charge on any atom is 0.249 e. The molecule has 0 rings (SSSR count). The fourth-order valence-corrected chi connectivity index (χ4v) is 6.40. The molecule has 0 aliphatic carbocycles. The van der Waals surface area contributed by atoms with Crippen molar-refractivity contribution in [3.05, 3.63) is 12.2 Å². The summed E-state index contributed by atoms with van der Waals surface area (Å²) in [6.45, 7) is 4.01. The van der Waals surface area contributed by atoms with Gasteiger partial charge in [-0.15, -0.1) is 0 Å². The summed E-state index contributed by atoms with van der Waals surface area (Å²) >= 11 is 0. The highest BCUT2D eigenvalue weighted by molar-refractivity contribution is 5.80. The molecule has 4 atom stereocenters. The number of carbonyl (C=O) groups is 1. The van der Waals surface area contributed by atoms with Crippen molar-refractivity contribution in [2.45, 2.75) is 237 Å². The zero-order chi connectivity index (χ0) is 34.6. The molecule has 0 saturated carbocycles. The molecule has 47 heavy (non-hydrogen) atoms. The summed E-state index contributed by atoms with van der Waals surface area (Å²) in [6.07, 6.45) is 38.1. The number of nitrogens with one attached hydrogen (secondary N) is 1. The fourth-order valence-electron chi connectivity index (χ4n) is 6.40. The van der Waals surface area contributed by atoms with Crippen LogP contribution in [0.2, 0.25) is 0 Å². The van der Waals surface area contributed by atoms with Crippen LogP contribution in [0.4, 0.5) is 0 Å². The van der Waals surface area contributed by atoms with Gasteiger partial charge in [0.2, 0.25) is 5.91 Å². The molecule has 0 bridgehead atoms. The SMILES string of the molecule is CCCCC/C=C\CCCCCCC(O)C(=O)NC(CO)C(O)C(O)CCCCCCCCCCCCCCCCCCCCCC. The van der Waals surface area contributed by atoms with E-state index in [2.05, 4.69) is 31.3 Å². The number of hydrogen-bond acceptors (Lipinski definition) is 5. The van der Waals surface area contributed by atoms with Gasteiger partial charge in [-0.1, -0.05) is 187 Å². The molecule has 0 heterocycles. The van der Waals surface area contributed by atoms with Crippen LogP contribution in [0, 0.1) is 0 Å². The highest BCUT2D eigenvalue weighted by Crippen LogP contribution is 2.16. The lowest BCUT2D eigenvalue weighted by Gasteiger charge is -2.27. The number of unbranched alkanes of at least 4 members (excludes halogenated alkanes) is 26. The van der Waals surface area contributed by atoms with Crippen molar-refractivity contribution >= 4 is 5.91 Å². The third kappa shape index (κ3) is 30.8. The maximum atomic E-state index is 12.4. The largest absolute Gasteiger partial charge is 0.394 e. The number of rotatable bonds is 37. The molecule has 0 aromatic carbocycles. The number of amides is 1. The van der Waals surface area contributed by atoms with Crippen LogP contribution in [0.3, 0.4) is 0 Å². The van der Waals surface area contributed by atoms with E-state index in [0.29, 0.717) is 12.8 Å². The lowest BCUT2D eigenvalue weighted by Crippen LogP contribution is -2.53. The van der Waals surface area contributed by atoms with E-state index < -0.39 is 36.9 Å². The Balaban J connectivity index is 3.72. The monoisotopic (exact) mass is 668 g/mol. The molecule has 0 aliphatic rings. The molecule has 0 fully saturated rings. The standard InChI is InChI=1S/C41H81NO5/c1-3-5-7-9-11-13-15-16-17-18-19-20-21-22-23-25-26-28-30-32-34-38(44)40(46)37(36-43)42-41(47)39(45)35-33-31-29-27-24-14-12-10-8-6-4-2/h12,14,37-40,43-46H,3-11,13,15-36H2,1-2H3,(H,42,47)/b14-12-. The molecule has 6 heteroatoms. The summed E-state index contributed by atoms with van der Waals surface area (Å²) in [5.74, 6) is -0.593. The second-order valence-electron chi connectivity index (χ2n) is 14.3. The molecule has 0 spiro atoms. The molecular weight excluding hydrogens is 586 g/mol. The van der Waals surface area contributed by atoms with Gasteiger partial charge in [0.25, 0.3) is 0 Å². The molecule has 0 saturated heterocycles. The highest BCUT2D eigenvalue weighted by atomic mass is 16.3. The molecule has 4 unspecified atom stereocenters. The molecule has 6 nitrogen and oxygen atoms in total. The third-order valence-corrected chi connectivity index (χ3v) is 9.73. The minimum absolute atomic E-state index is 0.356. The van der Waals surface area contributed by atoms with Crippen molar-refractivity contribution in [3.8, 4) is 0 Å². The summed E-state index contributed by atoms with van der Waals surface area (Å²) in [6, 6.07) is -0.985. The Labute approximate surface area is 292 Å². The second-order valence-corrected chi connectivity index (χ2v) is 14.3. The average molecular weight is 668 g/mol. The summed E-state index contributed by atoms with van der Waals surface area (Å²) in [4.78, 5) is 12.4. The second kappa shape index (κ2) is 36.3. The lowest BCUT2D eigenvalue weighted by atomic mass is 9.99. The van der Waals surface area contributed by atoms with Crippen molar-refractivity contribution in [2.75, 3.05) is 6.61 Å². The Morgan fingerprint density at radius 3 is 1.28 bits per heavy atom. The third-order valence-electron chi connectivity index (χ3n) is 9.73. The number of carbonyl (C=O) groups excluding carboxylic acids is 1. The maximum absolute atomic E-state index is 12.4. The van der Waals surface area contributed by atoms with E-state index in [9.17, 15) is 25.2 Å². The zero-order valence-electron chi connectivity index (χ0n) is 31.3. The van der Waals surface area contributed by atoms with Gasteiger partial charge >= 0.3 is 0 Å². The lowest BCUT2D eigenvalue weighted by molar-refractivity contribution is -0.132. The van der Waals surface area contributed by atoms with E-state index in [-0.39, 0.29) is 0 Å². The van der Waals surface area contributed by atoms with Gasteiger partial charge < -0.3 is 25.7 Å². The van der Waals surface area contributed by atoms with E-state index in [4.69, 9.17) is 0 Å². The Bertz CT molecular complexity index is 672. The van der Waals surface area contributed by atoms with Gasteiger partial charge in [0.1, 0.15) is 12.2 Å². The molecule has 0 aromatic rings. The first-order valence-electron chi connectivity index (χ1n) is 20.6. The van der Waals surface area contributed by atoms with E-state index in [1.165, 1.54) is 128 Å². The first-order chi connectivity index (χ1) is 23.0. The van der Waals surface area contributed by atoms with E-state index >= 15 is 0 Å². The van der Waals surface area contributed by atoms with Crippen LogP contribution in [0.25, 0.3) is 0 Å². The smallest absolute Gasteiger partial charge is 0.249 e. The van der Waals surface area contributed by atoms with Gasteiger partial charge in [0.15, 0.2) is 0 Å². The van der Waals surface area contributed by atoms with Crippen LogP contribution in [0.5, 0.6) is 0 Å². The normalized spacial score (nSPS) is 14.4. The van der Waals surface area contributed by atoms with Crippen molar-refractivity contribution in [3.63, 3.8) is 0 Å². The van der Waals surface area contributed by atoms with E-state index in [1.54, 1.807) is 0 Å². The van der Waals surface area contributed by atoms with Gasteiger partial charge in [-0.2, -0.15) is 0 Å². The Kier molecular flexibility index (Phi) is 35.6. The van der Waals surface area contributed by atoms with E-state index in [1.807, 2.05) is 0 Å².